The van der Waals surface area contributed by atoms with Crippen LogP contribution in [0.3, 0.4) is 0 Å². The average Bonchev–Trinajstić information content (AvgIpc) is 2.20. The van der Waals surface area contributed by atoms with Crippen LogP contribution in [-0.4, -0.2) is 22.6 Å². The van der Waals surface area contributed by atoms with Crippen molar-refractivity contribution in [3.05, 3.63) is 35.6 Å². The minimum absolute atomic E-state index is 0.169. The Morgan fingerprint density at radius 2 is 2.07 bits per heavy atom. The lowest BCUT2D eigenvalue weighted by atomic mass is 10.2. The van der Waals surface area contributed by atoms with Crippen molar-refractivity contribution in [2.45, 2.75) is 12.8 Å². The minimum Gasteiger partial charge on any atom is -0.481 e. The lowest BCUT2D eigenvalue weighted by molar-refractivity contribution is -0.136. The van der Waals surface area contributed by atoms with Gasteiger partial charge in [-0.15, -0.1) is 0 Å². The summed E-state index contributed by atoms with van der Waals surface area (Å²) in [5, 5.41) is 8.40. The fraction of sp³-hybridized carbons (Fsp3) is 0.364. The molecule has 0 saturated carbocycles. The number of thioether (sulfide) groups is 1. The van der Waals surface area contributed by atoms with Gasteiger partial charge in [-0.2, -0.15) is 11.8 Å². The molecule has 0 aromatic heterocycles. The van der Waals surface area contributed by atoms with E-state index in [0.29, 0.717) is 17.7 Å². The molecule has 2 nitrogen and oxygen atoms in total. The molecule has 0 bridgehead atoms. The van der Waals surface area contributed by atoms with E-state index in [1.165, 1.54) is 17.8 Å². The van der Waals surface area contributed by atoms with E-state index in [9.17, 15) is 9.18 Å². The summed E-state index contributed by atoms with van der Waals surface area (Å²) in [6.45, 7) is 0. The van der Waals surface area contributed by atoms with Crippen molar-refractivity contribution in [3.8, 4) is 0 Å². The number of benzene rings is 1. The summed E-state index contributed by atoms with van der Waals surface area (Å²) in [7, 11) is 0. The second kappa shape index (κ2) is 6.45. The summed E-state index contributed by atoms with van der Waals surface area (Å²) in [5.41, 5.74) is 0.695. The first kappa shape index (κ1) is 12.0. The third kappa shape index (κ3) is 4.83. The van der Waals surface area contributed by atoms with Crippen LogP contribution in [0, 0.1) is 5.82 Å². The van der Waals surface area contributed by atoms with Gasteiger partial charge in [0.1, 0.15) is 5.82 Å². The molecule has 82 valence electrons. The van der Waals surface area contributed by atoms with E-state index < -0.39 is 5.97 Å². The number of halogens is 1. The Morgan fingerprint density at radius 3 is 2.73 bits per heavy atom. The van der Waals surface area contributed by atoms with Gasteiger partial charge in [0.25, 0.3) is 0 Å². The third-order valence-electron chi connectivity index (χ3n) is 1.93. The highest BCUT2D eigenvalue weighted by atomic mass is 32.2. The van der Waals surface area contributed by atoms with Gasteiger partial charge in [0.15, 0.2) is 0 Å². The van der Waals surface area contributed by atoms with E-state index >= 15 is 0 Å². The smallest absolute Gasteiger partial charge is 0.304 e. The van der Waals surface area contributed by atoms with Crippen molar-refractivity contribution in [1.29, 1.82) is 0 Å². The first-order valence-corrected chi connectivity index (χ1v) is 5.88. The maximum absolute atomic E-state index is 13.1. The highest BCUT2D eigenvalue weighted by molar-refractivity contribution is 7.99. The molecule has 0 saturated heterocycles. The van der Waals surface area contributed by atoms with Crippen molar-refractivity contribution in [3.63, 3.8) is 0 Å². The standard InChI is InChI=1S/C11H13FO2S/c12-10-4-2-1-3-9(10)5-7-15-8-6-11(13)14/h1-4H,5-8H2,(H,13,14). The van der Waals surface area contributed by atoms with Gasteiger partial charge in [0.2, 0.25) is 0 Å². The molecule has 0 aliphatic heterocycles. The molecular weight excluding hydrogens is 215 g/mol. The Kier molecular flexibility index (Phi) is 5.18. The molecule has 0 spiro atoms. The summed E-state index contributed by atoms with van der Waals surface area (Å²) in [6.07, 6.45) is 0.818. The molecule has 1 rings (SSSR count). The molecule has 0 radical (unpaired) electrons. The lowest BCUT2D eigenvalue weighted by Gasteiger charge is -2.02. The average molecular weight is 228 g/mol. The van der Waals surface area contributed by atoms with Crippen molar-refractivity contribution >= 4 is 17.7 Å². The van der Waals surface area contributed by atoms with Gasteiger partial charge < -0.3 is 5.11 Å². The number of carbonyl (C=O) groups is 1. The van der Waals surface area contributed by atoms with E-state index in [2.05, 4.69) is 0 Å². The third-order valence-corrected chi connectivity index (χ3v) is 2.92. The zero-order chi connectivity index (χ0) is 11.1. The normalized spacial score (nSPS) is 10.2. The monoisotopic (exact) mass is 228 g/mol. The maximum atomic E-state index is 13.1. The van der Waals surface area contributed by atoms with Crippen molar-refractivity contribution in [2.75, 3.05) is 11.5 Å². The fourth-order valence-corrected chi connectivity index (χ4v) is 2.03. The predicted molar refractivity (Wildman–Crippen MR) is 59.7 cm³/mol. The van der Waals surface area contributed by atoms with Crippen molar-refractivity contribution < 1.29 is 14.3 Å². The number of carboxylic acids is 1. The first-order chi connectivity index (χ1) is 7.20. The van der Waals surface area contributed by atoms with Crippen LogP contribution in [0.15, 0.2) is 24.3 Å². The molecule has 15 heavy (non-hydrogen) atoms. The largest absolute Gasteiger partial charge is 0.481 e. The molecular formula is C11H13FO2S. The van der Waals surface area contributed by atoms with Gasteiger partial charge in [-0.05, 0) is 23.8 Å². The van der Waals surface area contributed by atoms with E-state index in [0.717, 1.165) is 5.75 Å². The zero-order valence-corrected chi connectivity index (χ0v) is 9.10. The molecule has 1 aromatic carbocycles. The Hall–Kier alpha value is -1.03. The summed E-state index contributed by atoms with van der Waals surface area (Å²) >= 11 is 1.54. The first-order valence-electron chi connectivity index (χ1n) is 4.73. The van der Waals surface area contributed by atoms with Crippen LogP contribution in [0.5, 0.6) is 0 Å². The molecule has 0 fully saturated rings. The maximum Gasteiger partial charge on any atom is 0.304 e. The zero-order valence-electron chi connectivity index (χ0n) is 8.28. The fourth-order valence-electron chi connectivity index (χ4n) is 1.14. The Labute approximate surface area is 92.5 Å². The quantitative estimate of drug-likeness (QED) is 0.760. The predicted octanol–water partition coefficient (Wildman–Crippen LogP) is 2.58. The van der Waals surface area contributed by atoms with Crippen LogP contribution in [0.2, 0.25) is 0 Å². The van der Waals surface area contributed by atoms with Crippen LogP contribution >= 0.6 is 11.8 Å². The molecule has 0 heterocycles. The number of aryl methyl sites for hydroxylation is 1. The number of rotatable bonds is 6. The summed E-state index contributed by atoms with van der Waals surface area (Å²) in [6, 6.07) is 6.67. The second-order valence-corrected chi connectivity index (χ2v) is 4.32. The Morgan fingerprint density at radius 1 is 1.33 bits per heavy atom. The van der Waals surface area contributed by atoms with Crippen LogP contribution in [0.4, 0.5) is 4.39 Å². The lowest BCUT2D eigenvalue weighted by Crippen LogP contribution is -1.98. The summed E-state index contributed by atoms with van der Waals surface area (Å²) in [4.78, 5) is 10.2. The molecule has 4 heteroatoms. The molecule has 0 aliphatic carbocycles. The molecule has 1 aromatic rings. The van der Waals surface area contributed by atoms with Crippen LogP contribution in [-0.2, 0) is 11.2 Å². The number of carboxylic acid groups (broad SMARTS) is 1. The number of hydrogen-bond donors (Lipinski definition) is 1. The van der Waals surface area contributed by atoms with Gasteiger partial charge in [0, 0.05) is 5.75 Å². The van der Waals surface area contributed by atoms with Gasteiger partial charge in [-0.25, -0.2) is 4.39 Å². The Bertz CT molecular complexity index is 328. The summed E-state index contributed by atoms with van der Waals surface area (Å²) in [5.74, 6) is 0.377. The number of hydrogen-bond acceptors (Lipinski definition) is 2. The van der Waals surface area contributed by atoms with Gasteiger partial charge in [0.05, 0.1) is 6.42 Å². The van der Waals surface area contributed by atoms with Crippen LogP contribution in [0.25, 0.3) is 0 Å². The van der Waals surface area contributed by atoms with Crippen LogP contribution < -0.4 is 0 Å². The van der Waals surface area contributed by atoms with E-state index in [1.807, 2.05) is 0 Å². The van der Waals surface area contributed by atoms with E-state index in [4.69, 9.17) is 5.11 Å². The van der Waals surface area contributed by atoms with Gasteiger partial charge in [-0.1, -0.05) is 18.2 Å². The summed E-state index contributed by atoms with van der Waals surface area (Å²) < 4.78 is 13.1. The van der Waals surface area contributed by atoms with Crippen LogP contribution in [0.1, 0.15) is 12.0 Å². The van der Waals surface area contributed by atoms with E-state index in [1.54, 1.807) is 18.2 Å². The van der Waals surface area contributed by atoms with Crippen molar-refractivity contribution in [1.82, 2.24) is 0 Å². The Balaban J connectivity index is 2.21. The SMILES string of the molecule is O=C(O)CCSCCc1ccccc1F. The molecule has 1 N–H and O–H groups in total. The molecule has 0 aliphatic rings. The topological polar surface area (TPSA) is 37.3 Å². The minimum atomic E-state index is -0.784. The van der Waals surface area contributed by atoms with Gasteiger partial charge >= 0.3 is 5.97 Å². The number of aliphatic carboxylic acids is 1. The van der Waals surface area contributed by atoms with Gasteiger partial charge in [-0.3, -0.25) is 4.79 Å². The molecule has 0 unspecified atom stereocenters. The second-order valence-electron chi connectivity index (χ2n) is 3.10. The van der Waals surface area contributed by atoms with E-state index in [-0.39, 0.29) is 12.2 Å². The highest BCUT2D eigenvalue weighted by Gasteiger charge is 2.01. The molecule has 0 amide bonds. The van der Waals surface area contributed by atoms with Crippen molar-refractivity contribution in [2.24, 2.45) is 0 Å². The molecule has 0 atom stereocenters. The highest BCUT2D eigenvalue weighted by Crippen LogP contribution is 2.11.